The van der Waals surface area contributed by atoms with Crippen LogP contribution in [-0.4, -0.2) is 12.6 Å². The van der Waals surface area contributed by atoms with Crippen LogP contribution in [0.5, 0.6) is 0 Å². The van der Waals surface area contributed by atoms with Crippen LogP contribution in [-0.2, 0) is 4.74 Å². The second-order valence-electron chi connectivity index (χ2n) is 5.16. The number of benzene rings is 1. The molecule has 112 valence electrons. The van der Waals surface area contributed by atoms with E-state index in [0.29, 0.717) is 12.2 Å². The van der Waals surface area contributed by atoms with Gasteiger partial charge in [0.2, 0.25) is 0 Å². The Hall–Kier alpha value is -0.960. The number of carbonyl (C=O) groups is 1. The minimum absolute atomic E-state index is 0.235. The van der Waals surface area contributed by atoms with Crippen LogP contribution in [0.4, 0.5) is 0 Å². The summed E-state index contributed by atoms with van der Waals surface area (Å²) in [6, 6.07) is 7.10. The van der Waals surface area contributed by atoms with E-state index in [-0.39, 0.29) is 5.97 Å². The highest BCUT2D eigenvalue weighted by Crippen LogP contribution is 2.10. The molecule has 0 bridgehead atoms. The smallest absolute Gasteiger partial charge is 0.338 e. The summed E-state index contributed by atoms with van der Waals surface area (Å²) in [6.07, 6.45) is 10.00. The summed E-state index contributed by atoms with van der Waals surface area (Å²) < 4.78 is 5.25. The molecule has 0 saturated carbocycles. The van der Waals surface area contributed by atoms with Crippen LogP contribution in [0.2, 0.25) is 0 Å². The Bertz CT molecular complexity index is 373. The van der Waals surface area contributed by atoms with Crippen LogP contribution < -0.4 is 0 Å². The average Bonchev–Trinajstić information content (AvgIpc) is 2.46. The normalized spacial score (nSPS) is 10.5. The molecule has 0 saturated heterocycles. The van der Waals surface area contributed by atoms with Gasteiger partial charge in [-0.25, -0.2) is 4.79 Å². The van der Waals surface area contributed by atoms with E-state index in [4.69, 9.17) is 4.74 Å². The number of esters is 1. The number of unbranched alkanes of at least 4 members (excludes halogenated alkanes) is 7. The van der Waals surface area contributed by atoms with Crippen molar-refractivity contribution in [3.63, 3.8) is 0 Å². The van der Waals surface area contributed by atoms with Gasteiger partial charge in [0.05, 0.1) is 12.2 Å². The highest BCUT2D eigenvalue weighted by atomic mass is 32.1. The van der Waals surface area contributed by atoms with Crippen LogP contribution in [0.1, 0.15) is 68.6 Å². The van der Waals surface area contributed by atoms with Gasteiger partial charge in [-0.3, -0.25) is 0 Å². The summed E-state index contributed by atoms with van der Waals surface area (Å²) in [5.41, 5.74) is 0.599. The monoisotopic (exact) mass is 294 g/mol. The SMILES string of the molecule is CCCCCCCCCCOC(=O)c1ccc(S)cc1. The second kappa shape index (κ2) is 10.8. The van der Waals surface area contributed by atoms with Gasteiger partial charge in [-0.1, -0.05) is 51.9 Å². The molecule has 2 nitrogen and oxygen atoms in total. The summed E-state index contributed by atoms with van der Waals surface area (Å²) in [7, 11) is 0. The van der Waals surface area contributed by atoms with E-state index in [2.05, 4.69) is 19.6 Å². The first-order chi connectivity index (χ1) is 9.74. The van der Waals surface area contributed by atoms with E-state index >= 15 is 0 Å². The van der Waals surface area contributed by atoms with Crippen molar-refractivity contribution in [2.75, 3.05) is 6.61 Å². The lowest BCUT2D eigenvalue weighted by Crippen LogP contribution is -2.06. The molecule has 0 spiro atoms. The zero-order valence-corrected chi connectivity index (χ0v) is 13.3. The molecule has 0 aliphatic heterocycles. The molecule has 3 heteroatoms. The van der Waals surface area contributed by atoms with E-state index in [0.717, 1.165) is 17.7 Å². The fourth-order valence-electron chi connectivity index (χ4n) is 2.08. The summed E-state index contributed by atoms with van der Waals surface area (Å²) in [4.78, 5) is 12.6. The molecule has 0 heterocycles. The molecule has 0 N–H and O–H groups in total. The van der Waals surface area contributed by atoms with Crippen molar-refractivity contribution in [1.29, 1.82) is 0 Å². The van der Waals surface area contributed by atoms with E-state index in [1.54, 1.807) is 24.3 Å². The zero-order chi connectivity index (χ0) is 14.6. The van der Waals surface area contributed by atoms with Crippen molar-refractivity contribution in [3.8, 4) is 0 Å². The molecule has 0 aliphatic carbocycles. The Labute approximate surface area is 128 Å². The number of hydrogen-bond acceptors (Lipinski definition) is 3. The van der Waals surface area contributed by atoms with Crippen LogP contribution in [0, 0.1) is 0 Å². The van der Waals surface area contributed by atoms with Gasteiger partial charge in [-0.15, -0.1) is 12.6 Å². The number of thiol groups is 1. The molecule has 0 fully saturated rings. The number of ether oxygens (including phenoxy) is 1. The van der Waals surface area contributed by atoms with Gasteiger partial charge in [0.1, 0.15) is 0 Å². The molecular weight excluding hydrogens is 268 g/mol. The third kappa shape index (κ3) is 7.59. The zero-order valence-electron chi connectivity index (χ0n) is 12.4. The number of rotatable bonds is 10. The van der Waals surface area contributed by atoms with E-state index in [1.807, 2.05) is 0 Å². The standard InChI is InChI=1S/C17H26O2S/c1-2-3-4-5-6-7-8-9-14-19-17(18)15-10-12-16(20)13-11-15/h10-13,20H,2-9,14H2,1H3. The molecule has 0 radical (unpaired) electrons. The van der Waals surface area contributed by atoms with Crippen molar-refractivity contribution >= 4 is 18.6 Å². The van der Waals surface area contributed by atoms with Crippen molar-refractivity contribution in [3.05, 3.63) is 29.8 Å². The Kier molecular flexibility index (Phi) is 9.22. The van der Waals surface area contributed by atoms with Gasteiger partial charge >= 0.3 is 5.97 Å². The molecule has 0 aromatic heterocycles. The van der Waals surface area contributed by atoms with Crippen LogP contribution in [0.15, 0.2) is 29.2 Å². The van der Waals surface area contributed by atoms with Gasteiger partial charge < -0.3 is 4.74 Å². The highest BCUT2D eigenvalue weighted by Gasteiger charge is 2.05. The molecule has 1 aromatic rings. The third-order valence-corrected chi connectivity index (χ3v) is 3.63. The molecule has 0 amide bonds. The van der Waals surface area contributed by atoms with Crippen molar-refractivity contribution in [2.45, 2.75) is 63.2 Å². The van der Waals surface area contributed by atoms with Crippen LogP contribution >= 0.6 is 12.6 Å². The summed E-state index contributed by atoms with van der Waals surface area (Å²) in [5, 5.41) is 0. The van der Waals surface area contributed by atoms with E-state index in [9.17, 15) is 4.79 Å². The molecule has 0 unspecified atom stereocenters. The number of carbonyl (C=O) groups excluding carboxylic acids is 1. The first-order valence-corrected chi connectivity index (χ1v) is 8.15. The lowest BCUT2D eigenvalue weighted by molar-refractivity contribution is 0.0497. The predicted molar refractivity (Wildman–Crippen MR) is 86.6 cm³/mol. The topological polar surface area (TPSA) is 26.3 Å². The fraction of sp³-hybridized carbons (Fsp3) is 0.588. The summed E-state index contributed by atoms with van der Waals surface area (Å²) >= 11 is 4.19. The Balaban J connectivity index is 2.01. The number of hydrogen-bond donors (Lipinski definition) is 1. The average molecular weight is 294 g/mol. The maximum atomic E-state index is 11.7. The van der Waals surface area contributed by atoms with Crippen LogP contribution in [0.25, 0.3) is 0 Å². The van der Waals surface area contributed by atoms with Crippen molar-refractivity contribution in [2.24, 2.45) is 0 Å². The molecule has 0 atom stereocenters. The van der Waals surface area contributed by atoms with E-state index < -0.39 is 0 Å². The van der Waals surface area contributed by atoms with E-state index in [1.165, 1.54) is 38.5 Å². The fourth-order valence-corrected chi connectivity index (χ4v) is 2.23. The largest absolute Gasteiger partial charge is 0.462 e. The quantitative estimate of drug-likeness (QED) is 0.361. The molecule has 0 aliphatic rings. The van der Waals surface area contributed by atoms with Gasteiger partial charge in [0.15, 0.2) is 0 Å². The highest BCUT2D eigenvalue weighted by molar-refractivity contribution is 7.80. The predicted octanol–water partition coefficient (Wildman–Crippen LogP) is 5.27. The Morgan fingerprint density at radius 3 is 2.10 bits per heavy atom. The van der Waals surface area contributed by atoms with Gasteiger partial charge in [0.25, 0.3) is 0 Å². The lowest BCUT2D eigenvalue weighted by Gasteiger charge is -2.05. The Morgan fingerprint density at radius 2 is 1.50 bits per heavy atom. The Morgan fingerprint density at radius 1 is 0.950 bits per heavy atom. The van der Waals surface area contributed by atoms with Crippen molar-refractivity contribution < 1.29 is 9.53 Å². The molecular formula is C17H26O2S. The van der Waals surface area contributed by atoms with Gasteiger partial charge in [0, 0.05) is 4.90 Å². The second-order valence-corrected chi connectivity index (χ2v) is 5.67. The van der Waals surface area contributed by atoms with Crippen molar-refractivity contribution in [1.82, 2.24) is 0 Å². The third-order valence-electron chi connectivity index (χ3n) is 3.33. The summed E-state index contributed by atoms with van der Waals surface area (Å²) in [6.45, 7) is 2.76. The van der Waals surface area contributed by atoms with Gasteiger partial charge in [-0.05, 0) is 30.7 Å². The minimum atomic E-state index is -0.235. The maximum Gasteiger partial charge on any atom is 0.338 e. The van der Waals surface area contributed by atoms with Gasteiger partial charge in [-0.2, -0.15) is 0 Å². The lowest BCUT2D eigenvalue weighted by atomic mass is 10.1. The molecule has 20 heavy (non-hydrogen) atoms. The first-order valence-electron chi connectivity index (χ1n) is 7.70. The van der Waals surface area contributed by atoms with Crippen LogP contribution in [0.3, 0.4) is 0 Å². The first kappa shape index (κ1) is 17.1. The maximum absolute atomic E-state index is 11.7. The molecule has 1 aromatic carbocycles. The summed E-state index contributed by atoms with van der Waals surface area (Å²) in [5.74, 6) is -0.235. The molecule has 1 rings (SSSR count). The minimum Gasteiger partial charge on any atom is -0.462 e.